The molecule has 0 radical (unpaired) electrons. The van der Waals surface area contributed by atoms with Crippen LogP contribution in [0.15, 0.2) is 0 Å². The zero-order valence-corrected chi connectivity index (χ0v) is 33.7. The first-order chi connectivity index (χ1) is 24.0. The van der Waals surface area contributed by atoms with E-state index in [-0.39, 0.29) is 18.4 Å². The first-order valence-corrected chi connectivity index (χ1v) is 22.7. The number of fused-ring (bicyclic) bond motifs is 5. The van der Waals surface area contributed by atoms with E-state index >= 15 is 0 Å². The minimum Gasteiger partial charge on any atom is -0.355 e. The molecule has 0 aromatic rings. The van der Waals surface area contributed by atoms with Crippen LogP contribution < -0.4 is 27.0 Å². The number of nitrogens with two attached hydrogens (primary N) is 1. The Balaban J connectivity index is 0.00000332. The summed E-state index contributed by atoms with van der Waals surface area (Å²) in [6.07, 6.45) is 21.7. The van der Waals surface area contributed by atoms with Gasteiger partial charge in [-0.3, -0.25) is 9.35 Å². The molecule has 4 aliphatic carbocycles. The van der Waals surface area contributed by atoms with Gasteiger partial charge in [0.15, 0.2) is 0 Å². The average Bonchev–Trinajstić information content (AvgIpc) is 3.43. The highest BCUT2D eigenvalue weighted by molar-refractivity contribution is 7.85. The smallest absolute Gasteiger partial charge is 0.266 e. The average molecular weight is 726 g/mol. The van der Waals surface area contributed by atoms with Gasteiger partial charge < -0.3 is 27.0 Å². The fourth-order valence-corrected chi connectivity index (χ4v) is 11.3. The molecule has 0 aromatic heterocycles. The van der Waals surface area contributed by atoms with Gasteiger partial charge in [0, 0.05) is 18.5 Å². The van der Waals surface area contributed by atoms with Gasteiger partial charge >= 0.3 is 0 Å². The minimum atomic E-state index is -4.04. The predicted molar refractivity (Wildman–Crippen MR) is 209 cm³/mol. The van der Waals surface area contributed by atoms with Gasteiger partial charge in [-0.2, -0.15) is 8.42 Å². The molecule has 4 aliphatic rings. The highest BCUT2D eigenvalue weighted by Gasteiger charge is 2.59. The quantitative estimate of drug-likeness (QED) is 0.0546. The van der Waals surface area contributed by atoms with Crippen LogP contribution in [0.2, 0.25) is 0 Å². The molecule has 4 fully saturated rings. The van der Waals surface area contributed by atoms with Crippen molar-refractivity contribution in [1.29, 1.82) is 0 Å². The Morgan fingerprint density at radius 1 is 0.800 bits per heavy atom. The topological polar surface area (TPSA) is 146 Å². The molecule has 4 rings (SSSR count). The Morgan fingerprint density at radius 2 is 1.46 bits per heavy atom. The van der Waals surface area contributed by atoms with E-state index in [9.17, 15) is 13.2 Å². The Labute approximate surface area is 307 Å². The summed E-state index contributed by atoms with van der Waals surface area (Å²) in [5.74, 6) is 3.74. The summed E-state index contributed by atoms with van der Waals surface area (Å²) in [5.41, 5.74) is 6.55. The van der Waals surface area contributed by atoms with Crippen LogP contribution in [0.25, 0.3) is 0 Å². The fourth-order valence-electron chi connectivity index (χ4n) is 11.0. The second-order valence-electron chi connectivity index (χ2n) is 16.9. The Hall–Kier alpha value is -0.780. The van der Waals surface area contributed by atoms with Crippen LogP contribution in [-0.4, -0.2) is 76.5 Å². The van der Waals surface area contributed by atoms with Crippen LogP contribution >= 0.6 is 0 Å². The van der Waals surface area contributed by atoms with E-state index in [2.05, 4.69) is 35.1 Å². The number of rotatable bonds is 22. The third-order valence-corrected chi connectivity index (χ3v) is 14.6. The largest absolute Gasteiger partial charge is 0.355 e. The van der Waals surface area contributed by atoms with Crippen LogP contribution in [0.1, 0.15) is 144 Å². The standard InChI is InChI=1S/C38H73N5O4S.C2H6/c1-29(36(44)43-26-27-48(45,46)47)10-4-5-11-30-13-15-34-33-14-12-31-28-32(16-18-38(31,3)35(33)17-19-37(30,34)2)42-25-9-24-41-22-7-6-21-40-23-8-20-39;1-2/h29-35,40-42H,4-28,39H2,1-3H3,(H,43,44)(H,45,46,47);1-2H3. The fraction of sp³-hybridized carbons (Fsp3) is 0.975. The third kappa shape index (κ3) is 12.7. The molecule has 9 nitrogen and oxygen atoms in total. The summed E-state index contributed by atoms with van der Waals surface area (Å²) in [6.45, 7) is 17.5. The number of unbranched alkanes of at least 4 members (excludes halogenated alkanes) is 2. The van der Waals surface area contributed by atoms with Gasteiger partial charge in [-0.25, -0.2) is 0 Å². The molecule has 294 valence electrons. The van der Waals surface area contributed by atoms with Crippen LogP contribution in [0, 0.1) is 46.3 Å². The summed E-state index contributed by atoms with van der Waals surface area (Å²) in [5, 5.41) is 13.7. The maximum absolute atomic E-state index is 12.3. The van der Waals surface area contributed by atoms with Crippen molar-refractivity contribution in [2.24, 2.45) is 52.1 Å². The van der Waals surface area contributed by atoms with Crippen molar-refractivity contribution < 1.29 is 17.8 Å². The van der Waals surface area contributed by atoms with Crippen molar-refractivity contribution in [3.05, 3.63) is 0 Å². The van der Waals surface area contributed by atoms with E-state index in [1.165, 1.54) is 89.9 Å². The lowest BCUT2D eigenvalue weighted by Crippen LogP contribution is -2.55. The predicted octanol–water partition coefficient (Wildman–Crippen LogP) is 6.53. The monoisotopic (exact) mass is 726 g/mol. The number of hydrogen-bond acceptors (Lipinski definition) is 7. The molecule has 9 unspecified atom stereocenters. The van der Waals surface area contributed by atoms with Crippen molar-refractivity contribution in [2.45, 2.75) is 150 Å². The number of carbonyl (C=O) groups excluding carboxylic acids is 1. The zero-order chi connectivity index (χ0) is 36.6. The van der Waals surface area contributed by atoms with Gasteiger partial charge in [0.05, 0.1) is 5.75 Å². The molecule has 0 bridgehead atoms. The lowest BCUT2D eigenvalue weighted by molar-refractivity contribution is -0.124. The second kappa shape index (κ2) is 21.8. The number of hydrogen-bond donors (Lipinski definition) is 6. The van der Waals surface area contributed by atoms with Crippen LogP contribution in [0.4, 0.5) is 0 Å². The van der Waals surface area contributed by atoms with Crippen molar-refractivity contribution in [1.82, 2.24) is 21.3 Å². The highest BCUT2D eigenvalue weighted by atomic mass is 32.2. The lowest BCUT2D eigenvalue weighted by Gasteiger charge is -2.61. The number of amides is 1. The first-order valence-electron chi connectivity index (χ1n) is 21.1. The van der Waals surface area contributed by atoms with Crippen molar-refractivity contribution in [2.75, 3.05) is 51.6 Å². The summed E-state index contributed by atoms with van der Waals surface area (Å²) in [6, 6.07) is 0.703. The number of nitrogens with one attached hydrogen (secondary N) is 4. The molecule has 1 amide bonds. The van der Waals surface area contributed by atoms with Crippen LogP contribution in [0.3, 0.4) is 0 Å². The van der Waals surface area contributed by atoms with Gasteiger partial charge in [0.1, 0.15) is 0 Å². The van der Waals surface area contributed by atoms with E-state index in [0.29, 0.717) is 16.9 Å². The minimum absolute atomic E-state index is 0.0306. The van der Waals surface area contributed by atoms with Crippen molar-refractivity contribution in [3.8, 4) is 0 Å². The maximum atomic E-state index is 12.3. The lowest BCUT2D eigenvalue weighted by atomic mass is 9.44. The summed E-state index contributed by atoms with van der Waals surface area (Å²) >= 11 is 0. The van der Waals surface area contributed by atoms with Crippen LogP contribution in [0.5, 0.6) is 0 Å². The molecule has 9 atom stereocenters. The Morgan fingerprint density at radius 3 is 2.16 bits per heavy atom. The zero-order valence-electron chi connectivity index (χ0n) is 32.9. The Bertz CT molecular complexity index is 1080. The molecule has 0 saturated heterocycles. The van der Waals surface area contributed by atoms with Crippen molar-refractivity contribution in [3.63, 3.8) is 0 Å². The highest BCUT2D eigenvalue weighted by Crippen LogP contribution is 2.67. The van der Waals surface area contributed by atoms with Crippen LogP contribution in [-0.2, 0) is 14.9 Å². The molecular weight excluding hydrogens is 647 g/mol. The molecule has 50 heavy (non-hydrogen) atoms. The molecule has 4 saturated carbocycles. The first kappa shape index (κ1) is 43.6. The molecule has 7 N–H and O–H groups in total. The summed E-state index contributed by atoms with van der Waals surface area (Å²) < 4.78 is 30.7. The van der Waals surface area contributed by atoms with E-state index in [1.54, 1.807) is 0 Å². The molecule has 0 spiro atoms. The second-order valence-corrected chi connectivity index (χ2v) is 18.4. The molecule has 0 aromatic carbocycles. The van der Waals surface area contributed by atoms with Gasteiger partial charge in [0.2, 0.25) is 5.91 Å². The normalized spacial score (nSPS) is 32.6. The number of carbonyl (C=O) groups is 1. The Kier molecular flexibility index (Phi) is 19.0. The van der Waals surface area contributed by atoms with E-state index in [4.69, 9.17) is 10.3 Å². The maximum Gasteiger partial charge on any atom is 0.266 e. The van der Waals surface area contributed by atoms with Gasteiger partial charge in [-0.05, 0) is 176 Å². The summed E-state index contributed by atoms with van der Waals surface area (Å²) in [4.78, 5) is 12.3. The SMILES string of the molecule is CC.CC(CCCCC1CCC2C3CCC4CC(NCCCNCCCCNCCCN)CCC4(C)C3CCC12C)C(=O)NCCS(=O)(=O)O. The van der Waals surface area contributed by atoms with Gasteiger partial charge in [-0.1, -0.05) is 47.5 Å². The molecular formula is C40H79N5O4S. The third-order valence-electron chi connectivity index (χ3n) is 13.9. The van der Waals surface area contributed by atoms with Crippen molar-refractivity contribution >= 4 is 16.0 Å². The molecule has 10 heteroatoms. The summed E-state index contributed by atoms with van der Waals surface area (Å²) in [7, 11) is -4.04. The van der Waals surface area contributed by atoms with E-state index in [0.717, 1.165) is 88.1 Å². The van der Waals surface area contributed by atoms with Gasteiger partial charge in [0.25, 0.3) is 10.1 Å². The van der Waals surface area contributed by atoms with E-state index in [1.807, 2.05) is 20.8 Å². The van der Waals surface area contributed by atoms with Gasteiger partial charge in [-0.15, -0.1) is 0 Å². The molecule has 0 aliphatic heterocycles. The van der Waals surface area contributed by atoms with E-state index < -0.39 is 15.9 Å². The molecule has 0 heterocycles.